The van der Waals surface area contributed by atoms with Crippen molar-refractivity contribution in [3.8, 4) is 17.5 Å². The number of para-hydroxylation sites is 1. The van der Waals surface area contributed by atoms with E-state index in [1.165, 1.54) is 12.1 Å². The molecule has 180 valence electrons. The summed E-state index contributed by atoms with van der Waals surface area (Å²) in [6.07, 6.45) is 1.62. The number of carbonyl (C=O) groups excluding carboxylic acids is 1. The SMILES string of the molecule is Cc1ccccc1NC(=O)/C(C#N)=C\c1cc(C)n(-c2ccc(OCc3ccc(F)cc3)cc2)c1C. The third-order valence-electron chi connectivity index (χ3n) is 5.94. The molecule has 0 fully saturated rings. The van der Waals surface area contributed by atoms with Gasteiger partial charge in [0.2, 0.25) is 0 Å². The Kier molecular flexibility index (Phi) is 7.31. The third-order valence-corrected chi connectivity index (χ3v) is 5.94. The van der Waals surface area contributed by atoms with Gasteiger partial charge >= 0.3 is 0 Å². The summed E-state index contributed by atoms with van der Waals surface area (Å²) in [7, 11) is 0. The smallest absolute Gasteiger partial charge is 0.266 e. The highest BCUT2D eigenvalue weighted by atomic mass is 19.1. The molecule has 0 aliphatic rings. The number of halogens is 1. The zero-order valence-corrected chi connectivity index (χ0v) is 20.4. The quantitative estimate of drug-likeness (QED) is 0.238. The van der Waals surface area contributed by atoms with E-state index in [2.05, 4.69) is 9.88 Å². The van der Waals surface area contributed by atoms with E-state index in [9.17, 15) is 14.4 Å². The lowest BCUT2D eigenvalue weighted by Gasteiger charge is -2.12. The summed E-state index contributed by atoms with van der Waals surface area (Å²) in [5.41, 5.74) is 6.11. The van der Waals surface area contributed by atoms with Crippen LogP contribution in [-0.4, -0.2) is 10.5 Å². The molecule has 0 radical (unpaired) electrons. The third kappa shape index (κ3) is 5.53. The lowest BCUT2D eigenvalue weighted by molar-refractivity contribution is -0.112. The van der Waals surface area contributed by atoms with E-state index >= 15 is 0 Å². The lowest BCUT2D eigenvalue weighted by atomic mass is 10.1. The van der Waals surface area contributed by atoms with Crippen LogP contribution in [0.4, 0.5) is 10.1 Å². The summed E-state index contributed by atoms with van der Waals surface area (Å²) in [6.45, 7) is 6.17. The first kappa shape index (κ1) is 24.5. The maximum Gasteiger partial charge on any atom is 0.266 e. The van der Waals surface area contributed by atoms with Crippen LogP contribution in [0.5, 0.6) is 5.75 Å². The molecule has 1 aromatic heterocycles. The van der Waals surface area contributed by atoms with Crippen LogP contribution in [0.3, 0.4) is 0 Å². The van der Waals surface area contributed by atoms with Gasteiger partial charge in [-0.1, -0.05) is 30.3 Å². The molecule has 1 heterocycles. The second-order valence-corrected chi connectivity index (χ2v) is 8.51. The van der Waals surface area contributed by atoms with Crippen molar-refractivity contribution < 1.29 is 13.9 Å². The number of aryl methyl sites for hydroxylation is 2. The molecule has 1 amide bonds. The Bertz CT molecular complexity index is 1460. The first-order valence-corrected chi connectivity index (χ1v) is 11.5. The van der Waals surface area contributed by atoms with Gasteiger partial charge in [-0.3, -0.25) is 4.79 Å². The van der Waals surface area contributed by atoms with E-state index in [4.69, 9.17) is 4.74 Å². The average Bonchev–Trinajstić information content (AvgIpc) is 3.16. The first-order valence-electron chi connectivity index (χ1n) is 11.5. The van der Waals surface area contributed by atoms with Crippen molar-refractivity contribution in [3.05, 3.63) is 118 Å². The van der Waals surface area contributed by atoms with Crippen LogP contribution < -0.4 is 10.1 Å². The first-order chi connectivity index (χ1) is 17.4. The van der Waals surface area contributed by atoms with E-state index in [0.717, 1.165) is 33.8 Å². The largest absolute Gasteiger partial charge is 0.489 e. The lowest BCUT2D eigenvalue weighted by Crippen LogP contribution is -2.14. The summed E-state index contributed by atoms with van der Waals surface area (Å²) in [5.74, 6) is -0.0202. The van der Waals surface area contributed by atoms with Crippen molar-refractivity contribution >= 4 is 17.7 Å². The van der Waals surface area contributed by atoms with Crippen molar-refractivity contribution in [3.63, 3.8) is 0 Å². The van der Waals surface area contributed by atoms with Gasteiger partial charge in [-0.2, -0.15) is 5.26 Å². The molecule has 4 aromatic rings. The summed E-state index contributed by atoms with van der Waals surface area (Å²) in [5, 5.41) is 12.5. The Morgan fingerprint density at radius 1 is 1.03 bits per heavy atom. The van der Waals surface area contributed by atoms with Crippen LogP contribution in [0.15, 0.2) is 84.4 Å². The van der Waals surface area contributed by atoms with Gasteiger partial charge < -0.3 is 14.6 Å². The van der Waals surface area contributed by atoms with Crippen molar-refractivity contribution in [2.24, 2.45) is 0 Å². The highest BCUT2D eigenvalue weighted by molar-refractivity contribution is 6.10. The molecule has 5 nitrogen and oxygen atoms in total. The minimum atomic E-state index is -0.445. The fourth-order valence-corrected chi connectivity index (χ4v) is 3.98. The predicted molar refractivity (Wildman–Crippen MR) is 139 cm³/mol. The topological polar surface area (TPSA) is 67.0 Å². The van der Waals surface area contributed by atoms with Crippen LogP contribution in [0, 0.1) is 37.9 Å². The molecule has 0 bridgehead atoms. The number of ether oxygens (including phenoxy) is 1. The summed E-state index contributed by atoms with van der Waals surface area (Å²) < 4.78 is 20.9. The molecule has 0 saturated heterocycles. The van der Waals surface area contributed by atoms with Crippen molar-refractivity contribution in [2.45, 2.75) is 27.4 Å². The number of hydrogen-bond acceptors (Lipinski definition) is 3. The number of nitrogens with one attached hydrogen (secondary N) is 1. The summed E-state index contributed by atoms with van der Waals surface area (Å²) in [4.78, 5) is 12.8. The van der Waals surface area contributed by atoms with E-state index in [-0.39, 0.29) is 11.4 Å². The molecular weight excluding hydrogens is 453 g/mol. The molecule has 0 aliphatic heterocycles. The molecule has 0 aliphatic carbocycles. The minimum Gasteiger partial charge on any atom is -0.489 e. The number of amides is 1. The normalized spacial score (nSPS) is 11.1. The molecule has 0 spiro atoms. The maximum atomic E-state index is 13.1. The maximum absolute atomic E-state index is 13.1. The van der Waals surface area contributed by atoms with Gasteiger partial charge in [0.1, 0.15) is 29.8 Å². The number of anilines is 1. The molecule has 36 heavy (non-hydrogen) atoms. The van der Waals surface area contributed by atoms with Gasteiger partial charge in [-0.25, -0.2) is 4.39 Å². The molecule has 0 atom stereocenters. The van der Waals surface area contributed by atoms with Gasteiger partial charge in [0.05, 0.1) is 0 Å². The van der Waals surface area contributed by atoms with Crippen LogP contribution in [0.1, 0.15) is 28.1 Å². The second-order valence-electron chi connectivity index (χ2n) is 8.51. The van der Waals surface area contributed by atoms with Crippen LogP contribution in [-0.2, 0) is 11.4 Å². The van der Waals surface area contributed by atoms with Crippen molar-refractivity contribution in [2.75, 3.05) is 5.32 Å². The van der Waals surface area contributed by atoms with Crippen LogP contribution >= 0.6 is 0 Å². The fourth-order valence-electron chi connectivity index (χ4n) is 3.98. The van der Waals surface area contributed by atoms with Gasteiger partial charge in [-0.15, -0.1) is 0 Å². The molecule has 0 saturated carbocycles. The highest BCUT2D eigenvalue weighted by Crippen LogP contribution is 2.25. The van der Waals surface area contributed by atoms with E-state index < -0.39 is 5.91 Å². The number of benzene rings is 3. The number of hydrogen-bond donors (Lipinski definition) is 1. The summed E-state index contributed by atoms with van der Waals surface area (Å²) >= 11 is 0. The molecule has 1 N–H and O–H groups in total. The highest BCUT2D eigenvalue weighted by Gasteiger charge is 2.15. The fraction of sp³-hybridized carbons (Fsp3) is 0.133. The Morgan fingerprint density at radius 3 is 2.39 bits per heavy atom. The number of rotatable bonds is 7. The van der Waals surface area contributed by atoms with Gasteiger partial charge in [0, 0.05) is 22.8 Å². The standard InChI is InChI=1S/C30H26FN3O2/c1-20-6-4-5-7-29(20)33-30(35)25(18-32)17-24-16-21(2)34(22(24)3)27-12-14-28(15-13-27)36-19-23-8-10-26(31)11-9-23/h4-17H,19H2,1-3H3,(H,33,35)/b25-17-. The second kappa shape index (κ2) is 10.7. The number of nitrogens with zero attached hydrogens (tertiary/aromatic N) is 2. The van der Waals surface area contributed by atoms with Crippen LogP contribution in [0.25, 0.3) is 11.8 Å². The monoisotopic (exact) mass is 479 g/mol. The molecule has 4 rings (SSSR count). The molecule has 3 aromatic carbocycles. The minimum absolute atomic E-state index is 0.0306. The molecular formula is C30H26FN3O2. The van der Waals surface area contributed by atoms with E-state index in [0.29, 0.717) is 18.0 Å². The number of carbonyl (C=O) groups is 1. The zero-order chi connectivity index (χ0) is 25.7. The predicted octanol–water partition coefficient (Wildman–Crippen LogP) is 6.67. The summed E-state index contributed by atoms with van der Waals surface area (Å²) in [6, 6.07) is 25.3. The van der Waals surface area contributed by atoms with Crippen LogP contribution in [0.2, 0.25) is 0 Å². The zero-order valence-electron chi connectivity index (χ0n) is 20.4. The molecule has 0 unspecified atom stereocenters. The van der Waals surface area contributed by atoms with Gasteiger partial charge in [0.25, 0.3) is 5.91 Å². The Morgan fingerprint density at radius 2 is 1.72 bits per heavy atom. The van der Waals surface area contributed by atoms with E-state index in [1.807, 2.05) is 75.4 Å². The van der Waals surface area contributed by atoms with E-state index in [1.54, 1.807) is 24.3 Å². The number of nitriles is 1. The van der Waals surface area contributed by atoms with Crippen molar-refractivity contribution in [1.29, 1.82) is 5.26 Å². The Labute approximate surface area is 210 Å². The Balaban J connectivity index is 1.51. The number of aromatic nitrogens is 1. The van der Waals surface area contributed by atoms with Crippen molar-refractivity contribution in [1.82, 2.24) is 4.57 Å². The Hall–Kier alpha value is -4.63. The van der Waals surface area contributed by atoms with Gasteiger partial charge in [-0.05, 0) is 92.1 Å². The van der Waals surface area contributed by atoms with Gasteiger partial charge in [0.15, 0.2) is 0 Å². The average molecular weight is 480 g/mol. The molecule has 6 heteroatoms.